The minimum absolute atomic E-state index is 0.906. The van der Waals surface area contributed by atoms with Gasteiger partial charge in [0, 0.05) is 6.54 Å². The molecule has 2 rings (SSSR count). The van der Waals surface area contributed by atoms with Gasteiger partial charge in [-0.2, -0.15) is 0 Å². The molecule has 50 valence electrons. The zero-order chi connectivity index (χ0) is 6.10. The van der Waals surface area contributed by atoms with Crippen LogP contribution in [0.5, 0.6) is 0 Å². The molecule has 0 radical (unpaired) electrons. The van der Waals surface area contributed by atoms with Gasteiger partial charge >= 0.3 is 0 Å². The van der Waals surface area contributed by atoms with E-state index in [2.05, 4.69) is 5.59 Å². The van der Waals surface area contributed by atoms with Crippen molar-refractivity contribution in [1.29, 1.82) is 0 Å². The molecule has 0 saturated heterocycles. The predicted octanol–water partition coefficient (Wildman–Crippen LogP) is 0.619. The van der Waals surface area contributed by atoms with E-state index in [0.717, 1.165) is 12.5 Å². The van der Waals surface area contributed by atoms with E-state index in [4.69, 9.17) is 4.84 Å². The number of hydrogen-bond acceptors (Lipinski definition) is 3. The molecule has 1 heterocycles. The molecule has 0 bridgehead atoms. The highest BCUT2D eigenvalue weighted by molar-refractivity contribution is 4.82. The minimum Gasteiger partial charge on any atom is -0.395 e. The van der Waals surface area contributed by atoms with Crippen LogP contribution in [0.4, 0.5) is 0 Å². The number of rotatable bonds is 2. The zero-order valence-electron chi connectivity index (χ0n) is 5.21. The number of nitrogens with zero attached hydrogens (tertiary/aromatic N) is 1. The lowest BCUT2D eigenvalue weighted by Crippen LogP contribution is -2.29. The van der Waals surface area contributed by atoms with Crippen molar-refractivity contribution < 1.29 is 4.84 Å². The number of hydrazine groups is 1. The summed E-state index contributed by atoms with van der Waals surface area (Å²) in [5, 5.41) is 1.97. The zero-order valence-corrected chi connectivity index (χ0v) is 5.21. The Morgan fingerprint density at radius 1 is 1.67 bits per heavy atom. The highest BCUT2D eigenvalue weighted by Crippen LogP contribution is 2.29. The third-order valence-corrected chi connectivity index (χ3v) is 1.63. The van der Waals surface area contributed by atoms with Gasteiger partial charge in [-0.15, -0.1) is 0 Å². The van der Waals surface area contributed by atoms with Gasteiger partial charge in [-0.1, -0.05) is 5.59 Å². The molecule has 1 saturated carbocycles. The second-order valence-corrected chi connectivity index (χ2v) is 2.59. The van der Waals surface area contributed by atoms with Gasteiger partial charge in [0.25, 0.3) is 0 Å². The van der Waals surface area contributed by atoms with Crippen molar-refractivity contribution in [3.63, 3.8) is 0 Å². The Kier molecular flexibility index (Phi) is 1.09. The Bertz CT molecular complexity index is 131. The van der Waals surface area contributed by atoms with E-state index in [-0.39, 0.29) is 0 Å². The summed E-state index contributed by atoms with van der Waals surface area (Å²) in [5.41, 5.74) is 2.75. The quantitative estimate of drug-likeness (QED) is 0.587. The predicted molar refractivity (Wildman–Crippen MR) is 32.8 cm³/mol. The summed E-state index contributed by atoms with van der Waals surface area (Å²) >= 11 is 0. The van der Waals surface area contributed by atoms with Gasteiger partial charge in [-0.25, -0.2) is 0 Å². The highest BCUT2D eigenvalue weighted by atomic mass is 16.7. The van der Waals surface area contributed by atoms with E-state index in [1.807, 2.05) is 11.2 Å². The van der Waals surface area contributed by atoms with Crippen LogP contribution >= 0.6 is 0 Å². The lowest BCUT2D eigenvalue weighted by atomic mass is 10.4. The molecule has 2 aliphatic rings. The smallest absolute Gasteiger partial charge is 0.131 e. The summed E-state index contributed by atoms with van der Waals surface area (Å²) in [6.07, 6.45) is 6.33. The van der Waals surface area contributed by atoms with Crippen LogP contribution in [0.15, 0.2) is 12.5 Å². The molecule has 0 unspecified atom stereocenters. The summed E-state index contributed by atoms with van der Waals surface area (Å²) in [4.78, 5) is 4.78. The Morgan fingerprint density at radius 2 is 2.56 bits per heavy atom. The number of hydrogen-bond donors (Lipinski definition) is 1. The summed E-state index contributed by atoms with van der Waals surface area (Å²) in [5.74, 6) is 0.906. The van der Waals surface area contributed by atoms with Gasteiger partial charge in [0.1, 0.15) is 6.26 Å². The SMILES string of the molecule is C1=CN(CC2CC2)NO1. The maximum atomic E-state index is 4.78. The highest BCUT2D eigenvalue weighted by Gasteiger charge is 2.24. The van der Waals surface area contributed by atoms with E-state index in [0.29, 0.717) is 0 Å². The van der Waals surface area contributed by atoms with Gasteiger partial charge in [0.15, 0.2) is 0 Å². The third kappa shape index (κ3) is 1.16. The second kappa shape index (κ2) is 1.92. The van der Waals surface area contributed by atoms with Crippen molar-refractivity contribution in [3.8, 4) is 0 Å². The van der Waals surface area contributed by atoms with Gasteiger partial charge in [0.2, 0.25) is 0 Å². The largest absolute Gasteiger partial charge is 0.395 e. The van der Waals surface area contributed by atoms with Crippen LogP contribution in [0.2, 0.25) is 0 Å². The molecule has 0 spiro atoms. The van der Waals surface area contributed by atoms with Crippen LogP contribution in [-0.4, -0.2) is 11.6 Å². The standard InChI is InChI=1S/C6H10N2O/c1-2-6(1)5-8-3-4-9-7-8/h3-4,6-7H,1-2,5H2. The second-order valence-electron chi connectivity index (χ2n) is 2.59. The van der Waals surface area contributed by atoms with Crippen molar-refractivity contribution >= 4 is 0 Å². The van der Waals surface area contributed by atoms with Crippen LogP contribution < -0.4 is 5.59 Å². The molecular weight excluding hydrogens is 116 g/mol. The maximum Gasteiger partial charge on any atom is 0.131 e. The lowest BCUT2D eigenvalue weighted by molar-refractivity contribution is 0.0335. The lowest BCUT2D eigenvalue weighted by Gasteiger charge is -2.11. The minimum atomic E-state index is 0.906. The van der Waals surface area contributed by atoms with E-state index in [1.54, 1.807) is 6.26 Å². The Hall–Kier alpha value is -0.700. The first kappa shape index (κ1) is 5.11. The third-order valence-electron chi connectivity index (χ3n) is 1.63. The van der Waals surface area contributed by atoms with Crippen molar-refractivity contribution in [3.05, 3.63) is 12.5 Å². The van der Waals surface area contributed by atoms with Gasteiger partial charge in [0.05, 0.1) is 6.20 Å². The summed E-state index contributed by atoms with van der Waals surface area (Å²) in [7, 11) is 0. The van der Waals surface area contributed by atoms with Crippen molar-refractivity contribution in [2.45, 2.75) is 12.8 Å². The van der Waals surface area contributed by atoms with Crippen LogP contribution in [0.1, 0.15) is 12.8 Å². The van der Waals surface area contributed by atoms with Crippen molar-refractivity contribution in [1.82, 2.24) is 10.6 Å². The molecule has 0 aromatic heterocycles. The first-order valence-electron chi connectivity index (χ1n) is 3.30. The average molecular weight is 126 g/mol. The first-order chi connectivity index (χ1) is 4.45. The topological polar surface area (TPSA) is 24.5 Å². The fourth-order valence-corrected chi connectivity index (χ4v) is 0.909. The normalized spacial score (nSPS) is 24.7. The summed E-state index contributed by atoms with van der Waals surface area (Å²) in [6, 6.07) is 0. The van der Waals surface area contributed by atoms with Crippen LogP contribution in [0.25, 0.3) is 0 Å². The molecule has 1 N–H and O–H groups in total. The molecule has 0 aromatic rings. The Labute approximate surface area is 54.2 Å². The first-order valence-corrected chi connectivity index (χ1v) is 3.30. The van der Waals surface area contributed by atoms with E-state index < -0.39 is 0 Å². The molecule has 0 atom stereocenters. The van der Waals surface area contributed by atoms with Gasteiger partial charge in [-0.3, -0.25) is 5.01 Å². The van der Waals surface area contributed by atoms with Crippen molar-refractivity contribution in [2.24, 2.45) is 5.92 Å². The fourth-order valence-electron chi connectivity index (χ4n) is 0.909. The summed E-state index contributed by atoms with van der Waals surface area (Å²) in [6.45, 7) is 1.09. The van der Waals surface area contributed by atoms with Crippen LogP contribution in [-0.2, 0) is 4.84 Å². The van der Waals surface area contributed by atoms with Gasteiger partial charge < -0.3 is 4.84 Å². The number of nitrogens with one attached hydrogen (secondary N) is 1. The van der Waals surface area contributed by atoms with E-state index in [1.165, 1.54) is 12.8 Å². The molecular formula is C6H10N2O. The van der Waals surface area contributed by atoms with Crippen molar-refractivity contribution in [2.75, 3.05) is 6.54 Å². The maximum absolute atomic E-state index is 4.78. The van der Waals surface area contributed by atoms with Crippen LogP contribution in [0, 0.1) is 5.92 Å². The Morgan fingerprint density at radius 3 is 3.11 bits per heavy atom. The van der Waals surface area contributed by atoms with Crippen LogP contribution in [0.3, 0.4) is 0 Å². The monoisotopic (exact) mass is 126 g/mol. The van der Waals surface area contributed by atoms with E-state index >= 15 is 0 Å². The Balaban J connectivity index is 1.77. The molecule has 1 fully saturated rings. The van der Waals surface area contributed by atoms with Gasteiger partial charge in [-0.05, 0) is 18.8 Å². The molecule has 3 heteroatoms. The molecule has 3 nitrogen and oxygen atoms in total. The average Bonchev–Trinajstić information content (AvgIpc) is 2.46. The van der Waals surface area contributed by atoms with E-state index in [9.17, 15) is 0 Å². The summed E-state index contributed by atoms with van der Waals surface area (Å²) < 4.78 is 0. The molecule has 0 amide bonds. The molecule has 1 aliphatic carbocycles. The molecule has 9 heavy (non-hydrogen) atoms. The molecule has 0 aromatic carbocycles. The molecule has 1 aliphatic heterocycles. The fraction of sp³-hybridized carbons (Fsp3) is 0.667.